The molecule has 2 aliphatic rings. The number of aromatic nitrogens is 1. The molecule has 2 aliphatic heterocycles. The average Bonchev–Trinajstić information content (AvgIpc) is 3.01. The second-order valence-corrected chi connectivity index (χ2v) is 9.40. The summed E-state index contributed by atoms with van der Waals surface area (Å²) in [5.74, 6) is 0.301. The van der Waals surface area contributed by atoms with Gasteiger partial charge < -0.3 is 19.4 Å². The highest BCUT2D eigenvalue weighted by atomic mass is 16.7. The van der Waals surface area contributed by atoms with Crippen molar-refractivity contribution in [3.8, 4) is 6.07 Å². The van der Waals surface area contributed by atoms with Crippen LogP contribution in [0.5, 0.6) is 0 Å². The Morgan fingerprint density at radius 2 is 1.66 bits per heavy atom. The van der Waals surface area contributed by atoms with Crippen molar-refractivity contribution in [1.82, 2.24) is 4.98 Å². The number of nitrogens with one attached hydrogen (secondary N) is 1. The fourth-order valence-corrected chi connectivity index (χ4v) is 4.08. The summed E-state index contributed by atoms with van der Waals surface area (Å²) < 4.78 is 17.9. The first-order valence-corrected chi connectivity index (χ1v) is 10.9. The molecule has 4 rings (SSSR count). The third-order valence-electron chi connectivity index (χ3n) is 6.90. The summed E-state index contributed by atoms with van der Waals surface area (Å²) >= 11 is 0. The van der Waals surface area contributed by atoms with Crippen molar-refractivity contribution in [2.75, 3.05) is 18.5 Å². The summed E-state index contributed by atoms with van der Waals surface area (Å²) in [5, 5.41) is 11.9. The molecule has 0 atom stereocenters. The predicted molar refractivity (Wildman–Crippen MR) is 121 cm³/mol. The summed E-state index contributed by atoms with van der Waals surface area (Å²) in [6.45, 7) is 9.13. The topological polar surface area (TPSA) is 93.5 Å². The van der Waals surface area contributed by atoms with Gasteiger partial charge in [-0.1, -0.05) is 24.3 Å². The van der Waals surface area contributed by atoms with Crippen molar-refractivity contribution >= 4 is 24.3 Å². The van der Waals surface area contributed by atoms with E-state index in [4.69, 9.17) is 19.3 Å². The van der Waals surface area contributed by atoms with Gasteiger partial charge in [0.1, 0.15) is 11.9 Å². The van der Waals surface area contributed by atoms with E-state index in [2.05, 4.69) is 10.3 Å². The van der Waals surface area contributed by atoms with Crippen molar-refractivity contribution in [2.45, 2.75) is 57.2 Å². The summed E-state index contributed by atoms with van der Waals surface area (Å²) in [6, 6.07) is 13.2. The molecule has 0 saturated carbocycles. The predicted octanol–water partition coefficient (Wildman–Crippen LogP) is 2.94. The Morgan fingerprint density at radius 1 is 1.03 bits per heavy atom. The molecule has 7 nitrogen and oxygen atoms in total. The molecule has 32 heavy (non-hydrogen) atoms. The normalized spacial score (nSPS) is 21.0. The van der Waals surface area contributed by atoms with E-state index < -0.39 is 23.7 Å². The van der Waals surface area contributed by atoms with E-state index in [9.17, 15) is 4.79 Å². The van der Waals surface area contributed by atoms with Crippen molar-refractivity contribution in [3.63, 3.8) is 0 Å². The molecule has 1 amide bonds. The first-order valence-electron chi connectivity index (χ1n) is 10.9. The largest absolute Gasteiger partial charge is 0.494 e. The van der Waals surface area contributed by atoms with Crippen molar-refractivity contribution in [3.05, 3.63) is 53.7 Å². The molecule has 0 bridgehead atoms. The number of amides is 1. The van der Waals surface area contributed by atoms with Crippen LogP contribution in [0.15, 0.2) is 42.6 Å². The highest BCUT2D eigenvalue weighted by Gasteiger charge is 2.52. The van der Waals surface area contributed by atoms with Gasteiger partial charge >= 0.3 is 7.12 Å². The fourth-order valence-electron chi connectivity index (χ4n) is 4.08. The Labute approximate surface area is 189 Å². The van der Waals surface area contributed by atoms with Crippen LogP contribution >= 0.6 is 0 Å². The Hall–Kier alpha value is -2.73. The smallest absolute Gasteiger partial charge is 0.399 e. The van der Waals surface area contributed by atoms with Gasteiger partial charge in [-0.05, 0) is 63.7 Å². The number of hydrogen-bond acceptors (Lipinski definition) is 6. The number of carbonyl (C=O) groups excluding carboxylic acids is 1. The van der Waals surface area contributed by atoms with Crippen molar-refractivity contribution in [1.29, 1.82) is 5.26 Å². The van der Waals surface area contributed by atoms with Gasteiger partial charge in [0.2, 0.25) is 5.91 Å². The summed E-state index contributed by atoms with van der Waals surface area (Å²) in [6.07, 6.45) is 2.60. The zero-order valence-electron chi connectivity index (χ0n) is 19.0. The quantitative estimate of drug-likeness (QED) is 0.746. The lowest BCUT2D eigenvalue weighted by Crippen LogP contribution is -2.45. The van der Waals surface area contributed by atoms with Gasteiger partial charge in [0.25, 0.3) is 0 Å². The average molecular weight is 433 g/mol. The molecule has 2 fully saturated rings. The van der Waals surface area contributed by atoms with Gasteiger partial charge in [-0.3, -0.25) is 4.79 Å². The van der Waals surface area contributed by atoms with E-state index in [-0.39, 0.29) is 5.91 Å². The number of benzene rings is 1. The van der Waals surface area contributed by atoms with Crippen LogP contribution in [-0.4, -0.2) is 42.4 Å². The molecule has 166 valence electrons. The number of nitriles is 1. The number of nitrogens with zero attached hydrogens (tertiary/aromatic N) is 2. The number of ether oxygens (including phenoxy) is 1. The minimum absolute atomic E-state index is 0.124. The minimum atomic E-state index is -0.720. The summed E-state index contributed by atoms with van der Waals surface area (Å²) in [5.41, 5.74) is 0.749. The van der Waals surface area contributed by atoms with Gasteiger partial charge in [0, 0.05) is 19.4 Å². The second kappa shape index (κ2) is 8.32. The SMILES string of the molecule is CC1(C)OB(c2ccc(C3(C(=O)Nc4ccc(C#N)cn4)CCOCC3)cc2)OC1(C)C. The van der Waals surface area contributed by atoms with E-state index in [1.54, 1.807) is 12.1 Å². The van der Waals surface area contributed by atoms with Crippen LogP contribution in [0.1, 0.15) is 51.7 Å². The van der Waals surface area contributed by atoms with E-state index in [1.165, 1.54) is 6.20 Å². The molecule has 0 unspecified atom stereocenters. The van der Waals surface area contributed by atoms with Gasteiger partial charge in [-0.15, -0.1) is 0 Å². The maximum Gasteiger partial charge on any atom is 0.494 e. The van der Waals surface area contributed by atoms with Crippen molar-refractivity contribution < 1.29 is 18.8 Å². The fraction of sp³-hybridized carbons (Fsp3) is 0.458. The number of anilines is 1. The summed E-state index contributed by atoms with van der Waals surface area (Å²) in [7, 11) is -0.448. The van der Waals surface area contributed by atoms with Gasteiger partial charge in [0.15, 0.2) is 0 Å². The Morgan fingerprint density at radius 3 is 2.19 bits per heavy atom. The van der Waals surface area contributed by atoms with E-state index in [1.807, 2.05) is 58.0 Å². The minimum Gasteiger partial charge on any atom is -0.399 e. The van der Waals surface area contributed by atoms with Crippen molar-refractivity contribution in [2.24, 2.45) is 0 Å². The standard InChI is InChI=1S/C24H28BN3O4/c1-22(2)23(3,4)32-25(31-22)19-8-6-18(7-9-19)24(11-13-30-14-12-24)21(29)28-20-10-5-17(15-26)16-27-20/h5-10,16H,11-14H2,1-4H3,(H,27,28,29). The lowest BCUT2D eigenvalue weighted by molar-refractivity contribution is -0.125. The molecule has 2 aromatic rings. The van der Waals surface area contributed by atoms with E-state index >= 15 is 0 Å². The molecule has 0 spiro atoms. The highest BCUT2D eigenvalue weighted by molar-refractivity contribution is 6.62. The lowest BCUT2D eigenvalue weighted by Gasteiger charge is -2.36. The maximum atomic E-state index is 13.4. The highest BCUT2D eigenvalue weighted by Crippen LogP contribution is 2.38. The number of hydrogen-bond donors (Lipinski definition) is 1. The van der Waals surface area contributed by atoms with Crippen LogP contribution in [-0.2, 0) is 24.3 Å². The monoisotopic (exact) mass is 433 g/mol. The second-order valence-electron chi connectivity index (χ2n) is 9.40. The molecule has 0 radical (unpaired) electrons. The number of pyridine rings is 1. The molecule has 2 saturated heterocycles. The first kappa shape index (κ1) is 22.5. The van der Waals surface area contributed by atoms with Gasteiger partial charge in [0.05, 0.1) is 22.2 Å². The summed E-state index contributed by atoms with van der Waals surface area (Å²) in [4.78, 5) is 17.6. The Balaban J connectivity index is 1.58. The molecule has 0 aliphatic carbocycles. The third kappa shape index (κ3) is 4.04. The number of rotatable bonds is 4. The van der Waals surface area contributed by atoms with E-state index in [0.717, 1.165) is 11.0 Å². The zero-order chi connectivity index (χ0) is 23.0. The van der Waals surface area contributed by atoms with Crippen LogP contribution in [0.4, 0.5) is 5.82 Å². The van der Waals surface area contributed by atoms with Crippen LogP contribution in [0.25, 0.3) is 0 Å². The number of carbonyl (C=O) groups is 1. The van der Waals surface area contributed by atoms with Crippen LogP contribution < -0.4 is 10.8 Å². The molecular formula is C24H28BN3O4. The Bertz CT molecular complexity index is 1010. The van der Waals surface area contributed by atoms with Gasteiger partial charge in [-0.2, -0.15) is 5.26 Å². The molecule has 1 N–H and O–H groups in total. The first-order chi connectivity index (χ1) is 15.2. The zero-order valence-corrected chi connectivity index (χ0v) is 19.0. The third-order valence-corrected chi connectivity index (χ3v) is 6.90. The van der Waals surface area contributed by atoms with Crippen LogP contribution in [0.2, 0.25) is 0 Å². The van der Waals surface area contributed by atoms with Crippen LogP contribution in [0.3, 0.4) is 0 Å². The van der Waals surface area contributed by atoms with E-state index in [0.29, 0.717) is 37.4 Å². The molecule has 1 aromatic carbocycles. The maximum absolute atomic E-state index is 13.4. The molecule has 3 heterocycles. The Kier molecular flexibility index (Phi) is 5.84. The molecular weight excluding hydrogens is 405 g/mol. The molecule has 1 aromatic heterocycles. The molecule has 8 heteroatoms. The lowest BCUT2D eigenvalue weighted by atomic mass is 9.71. The van der Waals surface area contributed by atoms with Crippen LogP contribution in [0, 0.1) is 11.3 Å². The van der Waals surface area contributed by atoms with Gasteiger partial charge in [-0.25, -0.2) is 4.98 Å².